The van der Waals surface area contributed by atoms with Crippen LogP contribution < -0.4 is 10.5 Å². The van der Waals surface area contributed by atoms with Gasteiger partial charge in [-0.2, -0.15) is 0 Å². The molecule has 0 aromatic heterocycles. The third kappa shape index (κ3) is 4.20. The summed E-state index contributed by atoms with van der Waals surface area (Å²) in [6.07, 6.45) is 2.36. The monoisotopic (exact) mass is 324 g/mol. The summed E-state index contributed by atoms with van der Waals surface area (Å²) in [6.45, 7) is 4.46. The van der Waals surface area contributed by atoms with Gasteiger partial charge in [0.25, 0.3) is 0 Å². The van der Waals surface area contributed by atoms with Crippen molar-refractivity contribution in [3.05, 3.63) is 29.8 Å². The van der Waals surface area contributed by atoms with Crippen LogP contribution in [0.1, 0.15) is 25.3 Å². The summed E-state index contributed by atoms with van der Waals surface area (Å²) in [5, 5.41) is 0. The van der Waals surface area contributed by atoms with E-state index >= 15 is 0 Å². The van der Waals surface area contributed by atoms with Crippen molar-refractivity contribution in [2.24, 2.45) is 16.6 Å². The van der Waals surface area contributed by atoms with Gasteiger partial charge >= 0.3 is 0 Å². The Balaban J connectivity index is 2.07. The number of hydrogen-bond donors (Lipinski definition) is 2. The van der Waals surface area contributed by atoms with E-state index in [1.54, 1.807) is 18.2 Å². The number of guanidine groups is 1. The van der Waals surface area contributed by atoms with Crippen molar-refractivity contribution in [1.29, 1.82) is 0 Å². The predicted molar refractivity (Wildman–Crippen MR) is 88.0 cm³/mol. The van der Waals surface area contributed by atoms with Crippen LogP contribution in [0.15, 0.2) is 34.2 Å². The van der Waals surface area contributed by atoms with Gasteiger partial charge in [0.15, 0.2) is 5.96 Å². The summed E-state index contributed by atoms with van der Waals surface area (Å²) >= 11 is 0. The van der Waals surface area contributed by atoms with Gasteiger partial charge in [0.1, 0.15) is 0 Å². The first-order chi connectivity index (χ1) is 10.4. The van der Waals surface area contributed by atoms with E-state index in [2.05, 4.69) is 21.5 Å². The van der Waals surface area contributed by atoms with Crippen LogP contribution >= 0.6 is 0 Å². The molecule has 122 valence electrons. The topological polar surface area (TPSA) is 87.8 Å². The van der Waals surface area contributed by atoms with Crippen LogP contribution in [0.3, 0.4) is 0 Å². The Morgan fingerprint density at radius 2 is 2.27 bits per heavy atom. The van der Waals surface area contributed by atoms with Crippen LogP contribution in [0.5, 0.6) is 0 Å². The van der Waals surface area contributed by atoms with Gasteiger partial charge in [-0.05, 0) is 43.5 Å². The molecule has 1 aliphatic rings. The number of piperidine rings is 1. The van der Waals surface area contributed by atoms with Gasteiger partial charge in [0, 0.05) is 13.1 Å². The number of hydrogen-bond acceptors (Lipinski definition) is 3. The zero-order valence-electron chi connectivity index (χ0n) is 13.1. The van der Waals surface area contributed by atoms with Gasteiger partial charge in [0.2, 0.25) is 10.0 Å². The maximum absolute atomic E-state index is 11.8. The number of nitrogens with zero attached hydrogens (tertiary/aromatic N) is 2. The number of sulfonamides is 1. The molecule has 0 saturated carbocycles. The maximum Gasteiger partial charge on any atom is 0.240 e. The third-order valence-electron chi connectivity index (χ3n) is 3.88. The van der Waals surface area contributed by atoms with E-state index in [1.165, 1.54) is 13.5 Å². The van der Waals surface area contributed by atoms with E-state index in [9.17, 15) is 8.42 Å². The highest BCUT2D eigenvalue weighted by molar-refractivity contribution is 7.89. The van der Waals surface area contributed by atoms with Crippen molar-refractivity contribution in [3.8, 4) is 0 Å². The molecule has 1 aliphatic heterocycles. The zero-order chi connectivity index (χ0) is 16.2. The number of rotatable bonds is 4. The van der Waals surface area contributed by atoms with Crippen LogP contribution in [0.25, 0.3) is 0 Å². The van der Waals surface area contributed by atoms with E-state index in [1.807, 2.05) is 6.07 Å². The Labute approximate surface area is 132 Å². The fourth-order valence-corrected chi connectivity index (χ4v) is 3.40. The molecule has 0 radical (unpaired) electrons. The standard InChI is InChI=1S/C15H24N4O2S/c1-12-5-4-8-19(11-12)15(16)18-10-13-6-3-7-14(9-13)22(20,21)17-2/h3,6-7,9,12,17H,4-5,8,10-11H2,1-2H3,(H2,16,18). The van der Waals surface area contributed by atoms with Gasteiger partial charge in [-0.1, -0.05) is 19.1 Å². The average molecular weight is 324 g/mol. The summed E-state index contributed by atoms with van der Waals surface area (Å²) in [4.78, 5) is 6.75. The molecule has 6 nitrogen and oxygen atoms in total. The molecule has 1 aromatic rings. The van der Waals surface area contributed by atoms with Crippen molar-refractivity contribution in [1.82, 2.24) is 9.62 Å². The molecule has 1 heterocycles. The Kier molecular flexibility index (Phi) is 5.42. The molecule has 1 saturated heterocycles. The molecule has 2 rings (SSSR count). The van der Waals surface area contributed by atoms with Crippen LogP contribution in [0.4, 0.5) is 0 Å². The van der Waals surface area contributed by atoms with Crippen LogP contribution in [-0.4, -0.2) is 39.4 Å². The molecule has 7 heteroatoms. The highest BCUT2D eigenvalue weighted by Gasteiger charge is 2.17. The molecule has 22 heavy (non-hydrogen) atoms. The average Bonchev–Trinajstić information content (AvgIpc) is 2.53. The Hall–Kier alpha value is -1.60. The van der Waals surface area contributed by atoms with E-state index in [0.717, 1.165) is 25.1 Å². The lowest BCUT2D eigenvalue weighted by atomic mass is 10.0. The van der Waals surface area contributed by atoms with Gasteiger partial charge in [-0.15, -0.1) is 0 Å². The lowest BCUT2D eigenvalue weighted by molar-refractivity contribution is 0.270. The quantitative estimate of drug-likeness (QED) is 0.642. The first-order valence-corrected chi connectivity index (χ1v) is 8.98. The molecular formula is C15H24N4O2S. The van der Waals surface area contributed by atoms with Crippen LogP contribution in [-0.2, 0) is 16.6 Å². The number of nitrogens with one attached hydrogen (secondary N) is 1. The number of aliphatic imine (C=N–C) groups is 1. The van der Waals surface area contributed by atoms with Gasteiger partial charge in [0.05, 0.1) is 11.4 Å². The summed E-state index contributed by atoms with van der Waals surface area (Å²) in [5.41, 5.74) is 6.88. The SMILES string of the molecule is CNS(=O)(=O)c1cccc(CN=C(N)N2CCCC(C)C2)c1. The molecule has 1 unspecified atom stereocenters. The number of nitrogens with two attached hydrogens (primary N) is 1. The van der Waals surface area contributed by atoms with Gasteiger partial charge < -0.3 is 10.6 Å². The van der Waals surface area contributed by atoms with E-state index in [-0.39, 0.29) is 4.90 Å². The molecule has 0 spiro atoms. The molecule has 1 fully saturated rings. The molecule has 0 bridgehead atoms. The normalized spacial score (nSPS) is 20.2. The summed E-state index contributed by atoms with van der Waals surface area (Å²) in [6, 6.07) is 6.76. The fourth-order valence-electron chi connectivity index (χ4n) is 2.60. The Morgan fingerprint density at radius 3 is 2.95 bits per heavy atom. The largest absolute Gasteiger partial charge is 0.370 e. The first-order valence-electron chi connectivity index (χ1n) is 7.49. The second-order valence-corrected chi connectivity index (χ2v) is 7.61. The van der Waals surface area contributed by atoms with Crippen molar-refractivity contribution < 1.29 is 8.42 Å². The molecule has 0 aliphatic carbocycles. The lowest BCUT2D eigenvalue weighted by Gasteiger charge is -2.31. The lowest BCUT2D eigenvalue weighted by Crippen LogP contribution is -2.43. The van der Waals surface area contributed by atoms with Crippen molar-refractivity contribution >= 4 is 16.0 Å². The fraction of sp³-hybridized carbons (Fsp3) is 0.533. The van der Waals surface area contributed by atoms with Crippen LogP contribution in [0.2, 0.25) is 0 Å². The Morgan fingerprint density at radius 1 is 1.50 bits per heavy atom. The maximum atomic E-state index is 11.8. The minimum absolute atomic E-state index is 0.243. The Bertz CT molecular complexity index is 643. The second kappa shape index (κ2) is 7.11. The van der Waals surface area contributed by atoms with Crippen molar-refractivity contribution in [2.75, 3.05) is 20.1 Å². The summed E-state index contributed by atoms with van der Waals surface area (Å²) < 4.78 is 25.9. The third-order valence-corrected chi connectivity index (χ3v) is 5.29. The molecule has 1 aromatic carbocycles. The smallest absolute Gasteiger partial charge is 0.240 e. The highest BCUT2D eigenvalue weighted by atomic mass is 32.2. The van der Waals surface area contributed by atoms with Crippen molar-refractivity contribution in [2.45, 2.75) is 31.2 Å². The van der Waals surface area contributed by atoms with E-state index < -0.39 is 10.0 Å². The zero-order valence-corrected chi connectivity index (χ0v) is 13.9. The molecule has 0 amide bonds. The molecule has 1 atom stereocenters. The summed E-state index contributed by atoms with van der Waals surface area (Å²) in [7, 11) is -2.03. The summed E-state index contributed by atoms with van der Waals surface area (Å²) in [5.74, 6) is 1.17. The number of benzene rings is 1. The van der Waals surface area contributed by atoms with E-state index in [0.29, 0.717) is 18.4 Å². The van der Waals surface area contributed by atoms with E-state index in [4.69, 9.17) is 5.73 Å². The first kappa shape index (κ1) is 16.8. The molecular weight excluding hydrogens is 300 g/mol. The minimum Gasteiger partial charge on any atom is -0.370 e. The number of likely N-dealkylation sites (tertiary alicyclic amines) is 1. The van der Waals surface area contributed by atoms with Crippen molar-refractivity contribution in [3.63, 3.8) is 0 Å². The predicted octanol–water partition coefficient (Wildman–Crippen LogP) is 1.14. The molecule has 3 N–H and O–H groups in total. The van der Waals surface area contributed by atoms with Gasteiger partial charge in [-0.25, -0.2) is 18.1 Å². The van der Waals surface area contributed by atoms with Gasteiger partial charge in [-0.3, -0.25) is 0 Å². The second-order valence-electron chi connectivity index (χ2n) is 5.72. The minimum atomic E-state index is -3.43. The van der Waals surface area contributed by atoms with Crippen LogP contribution in [0, 0.1) is 5.92 Å². The highest BCUT2D eigenvalue weighted by Crippen LogP contribution is 2.16.